The third-order valence-electron chi connectivity index (χ3n) is 3.99. The zero-order valence-corrected chi connectivity index (χ0v) is 12.6. The lowest BCUT2D eigenvalue weighted by Gasteiger charge is -2.24. The second-order valence-corrected chi connectivity index (χ2v) is 7.63. The zero-order chi connectivity index (χ0) is 14.3. The van der Waals surface area contributed by atoms with Gasteiger partial charge in [0.25, 0.3) is 0 Å². The first-order valence-electron chi connectivity index (χ1n) is 7.09. The van der Waals surface area contributed by atoms with Crippen LogP contribution in [-0.4, -0.2) is 30.4 Å². The van der Waals surface area contributed by atoms with Crippen LogP contribution in [0.4, 0.5) is 0 Å². The lowest BCUT2D eigenvalue weighted by atomic mass is 10.2. The average molecular weight is 295 g/mol. The van der Waals surface area contributed by atoms with Gasteiger partial charge in [-0.1, -0.05) is 11.6 Å². The topological polar surface area (TPSA) is 68.3 Å². The van der Waals surface area contributed by atoms with Gasteiger partial charge in [0, 0.05) is 37.6 Å². The van der Waals surface area contributed by atoms with Gasteiger partial charge in [0.05, 0.1) is 0 Å². The molecular formula is C14H21N3O2S. The normalized spacial score (nSPS) is 21.0. The van der Waals surface area contributed by atoms with Gasteiger partial charge in [-0.3, -0.25) is 0 Å². The van der Waals surface area contributed by atoms with Gasteiger partial charge in [0.2, 0.25) is 10.0 Å². The summed E-state index contributed by atoms with van der Waals surface area (Å²) in [5.41, 5.74) is 7.76. The van der Waals surface area contributed by atoms with Crippen molar-refractivity contribution in [3.05, 3.63) is 29.6 Å². The Morgan fingerprint density at radius 1 is 1.40 bits per heavy atom. The molecule has 2 heterocycles. The predicted octanol–water partition coefficient (Wildman–Crippen LogP) is 1.62. The van der Waals surface area contributed by atoms with Crippen LogP contribution in [0.25, 0.3) is 0 Å². The average Bonchev–Trinajstić information content (AvgIpc) is 3.17. The van der Waals surface area contributed by atoms with Gasteiger partial charge < -0.3 is 10.3 Å². The van der Waals surface area contributed by atoms with E-state index in [4.69, 9.17) is 5.73 Å². The lowest BCUT2D eigenvalue weighted by molar-refractivity contribution is 0.428. The van der Waals surface area contributed by atoms with E-state index in [0.717, 1.165) is 30.5 Å². The number of hydrogen-bond acceptors (Lipinski definition) is 3. The minimum atomic E-state index is -3.40. The van der Waals surface area contributed by atoms with E-state index in [2.05, 4.69) is 6.08 Å². The maximum absolute atomic E-state index is 12.7. The molecule has 110 valence electrons. The van der Waals surface area contributed by atoms with Crippen molar-refractivity contribution in [3.63, 3.8) is 0 Å². The molecule has 20 heavy (non-hydrogen) atoms. The molecule has 0 spiro atoms. The fourth-order valence-corrected chi connectivity index (χ4v) is 4.27. The Kier molecular flexibility index (Phi) is 3.48. The van der Waals surface area contributed by atoms with Crippen LogP contribution in [0.3, 0.4) is 0 Å². The highest BCUT2D eigenvalue weighted by atomic mass is 32.2. The van der Waals surface area contributed by atoms with Gasteiger partial charge in [-0.15, -0.1) is 0 Å². The number of nitrogens with zero attached hydrogens (tertiary/aromatic N) is 2. The third kappa shape index (κ3) is 2.43. The highest BCUT2D eigenvalue weighted by Crippen LogP contribution is 2.37. The summed E-state index contributed by atoms with van der Waals surface area (Å²) in [5.74, 6) is 0. The van der Waals surface area contributed by atoms with Crippen LogP contribution in [-0.2, 0) is 16.6 Å². The first-order valence-corrected chi connectivity index (χ1v) is 8.53. The van der Waals surface area contributed by atoms with Crippen molar-refractivity contribution in [2.45, 2.75) is 43.7 Å². The number of sulfonamides is 1. The molecule has 0 bridgehead atoms. The molecule has 1 aliphatic heterocycles. The largest absolute Gasteiger partial charge is 0.346 e. The van der Waals surface area contributed by atoms with Crippen LogP contribution in [0.2, 0.25) is 0 Å². The van der Waals surface area contributed by atoms with Gasteiger partial charge in [-0.2, -0.15) is 4.31 Å². The summed E-state index contributed by atoms with van der Waals surface area (Å²) in [6.07, 6.45) is 6.90. The Balaban J connectivity index is 1.93. The molecule has 0 unspecified atom stereocenters. The van der Waals surface area contributed by atoms with Crippen LogP contribution in [0.5, 0.6) is 0 Å². The van der Waals surface area contributed by atoms with E-state index >= 15 is 0 Å². The standard InChI is InChI=1S/C14H21N3O2S/c1-11-3-2-6-16(9-11)20(18,19)14-7-13(8-15)17(10-14)12-4-5-12/h3,7,10,12H,2,4-6,8-9,15H2,1H3. The van der Waals surface area contributed by atoms with E-state index in [1.807, 2.05) is 11.5 Å². The highest BCUT2D eigenvalue weighted by molar-refractivity contribution is 7.89. The minimum Gasteiger partial charge on any atom is -0.346 e. The molecule has 3 rings (SSSR count). The molecule has 0 amide bonds. The zero-order valence-electron chi connectivity index (χ0n) is 11.7. The maximum atomic E-state index is 12.7. The van der Waals surface area contributed by atoms with Gasteiger partial charge in [0.1, 0.15) is 4.90 Å². The van der Waals surface area contributed by atoms with E-state index in [-0.39, 0.29) is 0 Å². The van der Waals surface area contributed by atoms with E-state index in [9.17, 15) is 8.42 Å². The van der Waals surface area contributed by atoms with Crippen molar-refractivity contribution >= 4 is 10.0 Å². The van der Waals surface area contributed by atoms with Crippen molar-refractivity contribution < 1.29 is 8.42 Å². The molecule has 2 aliphatic rings. The summed E-state index contributed by atoms with van der Waals surface area (Å²) < 4.78 is 29.0. The molecule has 1 saturated carbocycles. The molecule has 1 aromatic rings. The first kappa shape index (κ1) is 13.9. The third-order valence-corrected chi connectivity index (χ3v) is 5.80. The van der Waals surface area contributed by atoms with E-state index < -0.39 is 10.0 Å². The van der Waals surface area contributed by atoms with Crippen molar-refractivity contribution in [2.75, 3.05) is 13.1 Å². The summed E-state index contributed by atoms with van der Waals surface area (Å²) in [6.45, 7) is 3.41. The summed E-state index contributed by atoms with van der Waals surface area (Å²) in [4.78, 5) is 0.388. The Morgan fingerprint density at radius 3 is 2.75 bits per heavy atom. The Labute approximate surface area is 120 Å². The van der Waals surface area contributed by atoms with Crippen LogP contribution in [0, 0.1) is 0 Å². The molecule has 1 fully saturated rings. The van der Waals surface area contributed by atoms with Gasteiger partial charge >= 0.3 is 0 Å². The molecule has 0 aromatic carbocycles. The summed E-state index contributed by atoms with van der Waals surface area (Å²) >= 11 is 0. The van der Waals surface area contributed by atoms with Crippen LogP contribution in [0.15, 0.2) is 28.8 Å². The van der Waals surface area contributed by atoms with E-state index in [1.54, 1.807) is 16.6 Å². The van der Waals surface area contributed by atoms with Gasteiger partial charge in [0.15, 0.2) is 0 Å². The van der Waals surface area contributed by atoms with Crippen LogP contribution in [0.1, 0.15) is 37.9 Å². The van der Waals surface area contributed by atoms with Gasteiger partial charge in [-0.25, -0.2) is 8.42 Å². The summed E-state index contributed by atoms with van der Waals surface area (Å²) in [5, 5.41) is 0. The van der Waals surface area contributed by atoms with Crippen molar-refractivity contribution in [1.29, 1.82) is 0 Å². The predicted molar refractivity (Wildman–Crippen MR) is 77.7 cm³/mol. The second-order valence-electron chi connectivity index (χ2n) is 5.69. The SMILES string of the molecule is CC1=CCCN(S(=O)(=O)c2cc(CN)n(C3CC3)c2)C1. The van der Waals surface area contributed by atoms with Crippen molar-refractivity contribution in [1.82, 2.24) is 8.87 Å². The lowest BCUT2D eigenvalue weighted by Crippen LogP contribution is -2.35. The number of rotatable bonds is 4. The minimum absolute atomic E-state index is 0.380. The number of hydrogen-bond donors (Lipinski definition) is 1. The fourth-order valence-electron chi connectivity index (χ4n) is 2.72. The number of aromatic nitrogens is 1. The maximum Gasteiger partial charge on any atom is 0.244 e. The Bertz CT molecular complexity index is 641. The molecule has 0 radical (unpaired) electrons. The second kappa shape index (κ2) is 5.02. The summed E-state index contributed by atoms with van der Waals surface area (Å²) in [7, 11) is -3.40. The van der Waals surface area contributed by atoms with Gasteiger partial charge in [-0.05, 0) is 32.3 Å². The molecule has 5 nitrogen and oxygen atoms in total. The molecular weight excluding hydrogens is 274 g/mol. The van der Waals surface area contributed by atoms with E-state index in [1.165, 1.54) is 0 Å². The molecule has 6 heteroatoms. The van der Waals surface area contributed by atoms with Crippen molar-refractivity contribution in [2.24, 2.45) is 5.73 Å². The summed E-state index contributed by atoms with van der Waals surface area (Å²) in [6, 6.07) is 2.18. The Morgan fingerprint density at radius 2 is 2.15 bits per heavy atom. The Hall–Kier alpha value is -1.11. The molecule has 1 aliphatic carbocycles. The van der Waals surface area contributed by atoms with E-state index in [0.29, 0.717) is 30.6 Å². The van der Waals surface area contributed by atoms with Crippen molar-refractivity contribution in [3.8, 4) is 0 Å². The smallest absolute Gasteiger partial charge is 0.244 e. The fraction of sp³-hybridized carbons (Fsp3) is 0.571. The monoisotopic (exact) mass is 295 g/mol. The molecule has 1 aromatic heterocycles. The molecule has 0 saturated heterocycles. The number of nitrogens with two attached hydrogens (primary N) is 1. The van der Waals surface area contributed by atoms with Crippen LogP contribution < -0.4 is 5.73 Å². The molecule has 0 atom stereocenters. The first-order chi connectivity index (χ1) is 9.52. The quantitative estimate of drug-likeness (QED) is 0.858. The highest BCUT2D eigenvalue weighted by Gasteiger charge is 2.31. The van der Waals surface area contributed by atoms with Crippen LogP contribution >= 0.6 is 0 Å². The molecule has 2 N–H and O–H groups in total.